The van der Waals surface area contributed by atoms with Crippen molar-refractivity contribution in [2.75, 3.05) is 11.4 Å². The van der Waals surface area contributed by atoms with Crippen LogP contribution in [0, 0.1) is 5.92 Å². The second-order valence-electron chi connectivity index (χ2n) is 6.35. The van der Waals surface area contributed by atoms with E-state index in [1.54, 1.807) is 0 Å². The number of rotatable bonds is 2. The van der Waals surface area contributed by atoms with Crippen LogP contribution in [0.2, 0.25) is 0 Å². The lowest BCUT2D eigenvalue weighted by Gasteiger charge is -2.48. The van der Waals surface area contributed by atoms with Gasteiger partial charge in [-0.1, -0.05) is 12.1 Å². The molecule has 4 rings (SSSR count). The maximum Gasteiger partial charge on any atom is 0.244 e. The number of carbonyl (C=O) groups is 2. The fourth-order valence-electron chi connectivity index (χ4n) is 4.02. The van der Waals surface area contributed by atoms with Gasteiger partial charge in [0.05, 0.1) is 5.92 Å². The third kappa shape index (κ3) is 1.68. The average molecular weight is 297 g/mol. The van der Waals surface area contributed by atoms with Gasteiger partial charge in [-0.15, -0.1) is 0 Å². The summed E-state index contributed by atoms with van der Waals surface area (Å²) in [5, 5.41) is 4.06. The van der Waals surface area contributed by atoms with Gasteiger partial charge in [0.15, 0.2) is 0 Å². The molecule has 5 heteroatoms. The summed E-state index contributed by atoms with van der Waals surface area (Å²) in [4.78, 5) is 25.8. The Hall–Kier alpha value is -2.17. The molecular formula is C17H19N3O2. The van der Waals surface area contributed by atoms with Gasteiger partial charge in [-0.05, 0) is 43.4 Å². The normalized spacial score (nSPS) is 29.5. The van der Waals surface area contributed by atoms with Gasteiger partial charge in [-0.3, -0.25) is 9.59 Å². The fourth-order valence-corrected chi connectivity index (χ4v) is 4.02. The van der Waals surface area contributed by atoms with E-state index in [2.05, 4.69) is 22.7 Å². The van der Waals surface area contributed by atoms with E-state index in [0.717, 1.165) is 30.5 Å². The van der Waals surface area contributed by atoms with Crippen molar-refractivity contribution < 1.29 is 9.59 Å². The van der Waals surface area contributed by atoms with Gasteiger partial charge < -0.3 is 4.90 Å². The van der Waals surface area contributed by atoms with Crippen LogP contribution in [0.4, 0.5) is 5.69 Å². The number of benzene rings is 1. The first kappa shape index (κ1) is 13.5. The number of carbonyl (C=O) groups excluding carboxylic acids is 2. The molecule has 1 saturated carbocycles. The minimum atomic E-state index is -0.240. The Balaban J connectivity index is 1.76. The van der Waals surface area contributed by atoms with Gasteiger partial charge >= 0.3 is 0 Å². The van der Waals surface area contributed by atoms with E-state index in [-0.39, 0.29) is 23.1 Å². The standard InChI is InChI=1S/C17H19N3O2/c1-2-20-14-5-4-12(9-11(14)3-6-15(20)21)17-8-7-13(17)16(22)19-18-10-17/h4-5,9-10,13H,2-3,6-8H2,1H3,(H,19,22). The van der Waals surface area contributed by atoms with Gasteiger partial charge in [0.25, 0.3) is 0 Å². The molecule has 0 bridgehead atoms. The van der Waals surface area contributed by atoms with Crippen LogP contribution in [0.25, 0.3) is 0 Å². The number of hydrogen-bond donors (Lipinski definition) is 1. The van der Waals surface area contributed by atoms with Crippen LogP contribution in [-0.2, 0) is 21.4 Å². The highest BCUT2D eigenvalue weighted by Crippen LogP contribution is 2.49. The molecule has 2 heterocycles. The van der Waals surface area contributed by atoms with Crippen LogP contribution in [-0.4, -0.2) is 24.6 Å². The smallest absolute Gasteiger partial charge is 0.244 e. The number of nitrogens with zero attached hydrogens (tertiary/aromatic N) is 2. The SMILES string of the molecule is CCN1C(=O)CCc2cc(C34C=NNC(=O)C3CC4)ccc21. The molecule has 0 radical (unpaired) electrons. The lowest BCUT2D eigenvalue weighted by atomic mass is 9.56. The maximum absolute atomic E-state index is 12.0. The van der Waals surface area contributed by atoms with E-state index in [1.165, 1.54) is 5.56 Å². The fraction of sp³-hybridized carbons (Fsp3) is 0.471. The first-order chi connectivity index (χ1) is 10.7. The second-order valence-corrected chi connectivity index (χ2v) is 6.35. The van der Waals surface area contributed by atoms with Crippen molar-refractivity contribution in [1.82, 2.24) is 5.43 Å². The molecule has 2 atom stereocenters. The summed E-state index contributed by atoms with van der Waals surface area (Å²) in [6.07, 6.45) is 5.12. The van der Waals surface area contributed by atoms with Crippen LogP contribution < -0.4 is 10.3 Å². The molecule has 1 aliphatic carbocycles. The molecule has 2 unspecified atom stereocenters. The van der Waals surface area contributed by atoms with Gasteiger partial charge in [0, 0.05) is 30.3 Å². The van der Waals surface area contributed by atoms with E-state index in [1.807, 2.05) is 24.1 Å². The zero-order valence-electron chi connectivity index (χ0n) is 12.6. The Labute approximate surface area is 129 Å². The summed E-state index contributed by atoms with van der Waals surface area (Å²) in [7, 11) is 0. The van der Waals surface area contributed by atoms with Crippen LogP contribution in [0.3, 0.4) is 0 Å². The second kappa shape index (κ2) is 4.66. The van der Waals surface area contributed by atoms with E-state index in [9.17, 15) is 9.59 Å². The van der Waals surface area contributed by atoms with Crippen molar-refractivity contribution in [1.29, 1.82) is 0 Å². The monoisotopic (exact) mass is 297 g/mol. The molecule has 1 fully saturated rings. The van der Waals surface area contributed by atoms with Crippen LogP contribution >= 0.6 is 0 Å². The molecule has 2 aliphatic heterocycles. The largest absolute Gasteiger partial charge is 0.312 e. The zero-order valence-corrected chi connectivity index (χ0v) is 12.6. The quantitative estimate of drug-likeness (QED) is 0.904. The number of amides is 2. The third-order valence-corrected chi connectivity index (χ3v) is 5.39. The number of hydrazone groups is 1. The maximum atomic E-state index is 12.0. The minimum absolute atomic E-state index is 0.00412. The van der Waals surface area contributed by atoms with Gasteiger partial charge in [0.1, 0.15) is 0 Å². The number of aryl methyl sites for hydroxylation is 1. The topological polar surface area (TPSA) is 61.8 Å². The van der Waals surface area contributed by atoms with Crippen molar-refractivity contribution in [3.8, 4) is 0 Å². The predicted octanol–water partition coefficient (Wildman–Crippen LogP) is 1.75. The molecule has 1 N–H and O–H groups in total. The highest BCUT2D eigenvalue weighted by Gasteiger charge is 2.52. The number of fused-ring (bicyclic) bond motifs is 2. The molecule has 114 valence electrons. The van der Waals surface area contributed by atoms with Crippen molar-refractivity contribution >= 4 is 23.7 Å². The number of hydrogen-bond acceptors (Lipinski definition) is 3. The molecular weight excluding hydrogens is 278 g/mol. The molecule has 3 aliphatic rings. The average Bonchev–Trinajstić information content (AvgIpc) is 2.49. The Bertz CT molecular complexity index is 697. The number of nitrogens with one attached hydrogen (secondary N) is 1. The zero-order chi connectivity index (χ0) is 15.3. The Morgan fingerprint density at radius 3 is 2.95 bits per heavy atom. The predicted molar refractivity (Wildman–Crippen MR) is 83.8 cm³/mol. The summed E-state index contributed by atoms with van der Waals surface area (Å²) in [6.45, 7) is 2.70. The van der Waals surface area contributed by atoms with Crippen LogP contribution in [0.1, 0.15) is 37.3 Å². The van der Waals surface area contributed by atoms with Gasteiger partial charge in [-0.2, -0.15) is 5.10 Å². The van der Waals surface area contributed by atoms with E-state index in [0.29, 0.717) is 13.0 Å². The van der Waals surface area contributed by atoms with E-state index < -0.39 is 0 Å². The van der Waals surface area contributed by atoms with Crippen molar-refractivity contribution in [3.63, 3.8) is 0 Å². The molecule has 1 aromatic carbocycles. The van der Waals surface area contributed by atoms with Gasteiger partial charge in [0.2, 0.25) is 11.8 Å². The first-order valence-electron chi connectivity index (χ1n) is 7.93. The van der Waals surface area contributed by atoms with Crippen LogP contribution in [0.15, 0.2) is 23.3 Å². The lowest BCUT2D eigenvalue weighted by Crippen LogP contribution is -2.55. The van der Waals surface area contributed by atoms with Crippen molar-refractivity contribution in [2.45, 2.75) is 38.0 Å². The minimum Gasteiger partial charge on any atom is -0.312 e. The Kier molecular flexibility index (Phi) is 2.86. The summed E-state index contributed by atoms with van der Waals surface area (Å²) in [6, 6.07) is 6.29. The Morgan fingerprint density at radius 1 is 1.36 bits per heavy atom. The molecule has 2 amide bonds. The summed E-state index contributed by atoms with van der Waals surface area (Å²) >= 11 is 0. The first-order valence-corrected chi connectivity index (χ1v) is 7.93. The highest BCUT2D eigenvalue weighted by molar-refractivity contribution is 5.97. The van der Waals surface area contributed by atoms with E-state index >= 15 is 0 Å². The lowest BCUT2D eigenvalue weighted by molar-refractivity contribution is -0.130. The van der Waals surface area contributed by atoms with Gasteiger partial charge in [-0.25, -0.2) is 5.43 Å². The molecule has 0 saturated heterocycles. The van der Waals surface area contributed by atoms with Crippen molar-refractivity contribution in [2.24, 2.45) is 11.0 Å². The van der Waals surface area contributed by atoms with Crippen LogP contribution in [0.5, 0.6) is 0 Å². The summed E-state index contributed by atoms with van der Waals surface area (Å²) in [5.74, 6) is 0.216. The highest BCUT2D eigenvalue weighted by atomic mass is 16.2. The number of anilines is 1. The molecule has 5 nitrogen and oxygen atoms in total. The molecule has 0 aromatic heterocycles. The molecule has 22 heavy (non-hydrogen) atoms. The van der Waals surface area contributed by atoms with Crippen molar-refractivity contribution in [3.05, 3.63) is 29.3 Å². The summed E-state index contributed by atoms with van der Waals surface area (Å²) in [5.41, 5.74) is 5.72. The Morgan fingerprint density at radius 2 is 2.23 bits per heavy atom. The molecule has 1 aromatic rings. The summed E-state index contributed by atoms with van der Waals surface area (Å²) < 4.78 is 0. The van der Waals surface area contributed by atoms with E-state index in [4.69, 9.17) is 0 Å². The molecule has 0 spiro atoms. The third-order valence-electron chi connectivity index (χ3n) is 5.39.